The third kappa shape index (κ3) is 5.85. The minimum Gasteiger partial charge on any atom is -0.478 e. The minimum absolute atomic E-state index is 0.163. The molecule has 5 heteroatoms. The molecule has 182 valence electrons. The smallest absolute Gasteiger partial charge is 0.345 e. The summed E-state index contributed by atoms with van der Waals surface area (Å²) in [5.74, 6) is -0.677. The Morgan fingerprint density at radius 3 is 2.00 bits per heavy atom. The maximum Gasteiger partial charge on any atom is 0.345 e. The molecule has 1 atom stereocenters. The maximum absolute atomic E-state index is 12.7. The number of aliphatic carboxylic acids is 1. The van der Waals surface area contributed by atoms with Gasteiger partial charge in [-0.25, -0.2) is 4.79 Å². The fourth-order valence-electron chi connectivity index (χ4n) is 4.18. The van der Waals surface area contributed by atoms with Crippen LogP contribution in [-0.4, -0.2) is 23.1 Å². The molecule has 0 aliphatic heterocycles. The second-order valence-corrected chi connectivity index (χ2v) is 8.75. The normalized spacial score (nSPS) is 11.6. The minimum atomic E-state index is -1.01. The topological polar surface area (TPSA) is 75.6 Å². The van der Waals surface area contributed by atoms with Gasteiger partial charge in [-0.15, -0.1) is 0 Å². The molecule has 5 aromatic carbocycles. The number of carboxylic acid groups (broad SMARTS) is 1. The van der Waals surface area contributed by atoms with Crippen molar-refractivity contribution < 1.29 is 19.4 Å². The average molecular weight is 488 g/mol. The summed E-state index contributed by atoms with van der Waals surface area (Å²) in [6.45, 7) is 0. The van der Waals surface area contributed by atoms with Gasteiger partial charge in [0.1, 0.15) is 5.75 Å². The molecule has 1 amide bonds. The lowest BCUT2D eigenvalue weighted by Crippen LogP contribution is -2.29. The van der Waals surface area contributed by atoms with Gasteiger partial charge in [-0.05, 0) is 63.9 Å². The summed E-state index contributed by atoms with van der Waals surface area (Å²) < 4.78 is 5.76. The Kier molecular flexibility index (Phi) is 6.95. The summed E-state index contributed by atoms with van der Waals surface area (Å²) in [6, 6.07) is 37.9. The van der Waals surface area contributed by atoms with E-state index in [0.29, 0.717) is 17.0 Å². The van der Waals surface area contributed by atoms with Crippen LogP contribution in [0.15, 0.2) is 121 Å². The number of amides is 1. The molecule has 2 N–H and O–H groups in total. The fraction of sp³-hybridized carbons (Fsp3) is 0.0625. The van der Waals surface area contributed by atoms with Crippen LogP contribution in [0.1, 0.15) is 15.9 Å². The highest BCUT2D eigenvalue weighted by Gasteiger charge is 2.20. The highest BCUT2D eigenvalue weighted by Crippen LogP contribution is 2.25. The van der Waals surface area contributed by atoms with Gasteiger partial charge in [0.15, 0.2) is 6.10 Å². The van der Waals surface area contributed by atoms with Gasteiger partial charge < -0.3 is 15.2 Å². The second-order valence-electron chi connectivity index (χ2n) is 8.75. The Morgan fingerprint density at radius 1 is 0.703 bits per heavy atom. The van der Waals surface area contributed by atoms with Crippen LogP contribution >= 0.6 is 0 Å². The van der Waals surface area contributed by atoms with Crippen molar-refractivity contribution in [2.24, 2.45) is 0 Å². The molecule has 1 unspecified atom stereocenters. The number of anilines is 1. The Labute approximate surface area is 215 Å². The summed E-state index contributed by atoms with van der Waals surface area (Å²) in [7, 11) is 0. The van der Waals surface area contributed by atoms with Gasteiger partial charge in [-0.3, -0.25) is 4.79 Å². The summed E-state index contributed by atoms with van der Waals surface area (Å²) in [6.07, 6.45) is -0.691. The van der Waals surface area contributed by atoms with Gasteiger partial charge in [0.05, 0.1) is 0 Å². The average Bonchev–Trinajstić information content (AvgIpc) is 2.94. The molecule has 0 saturated carbocycles. The molecule has 5 aromatic rings. The zero-order chi connectivity index (χ0) is 25.6. The molecule has 0 fully saturated rings. The predicted octanol–water partition coefficient (Wildman–Crippen LogP) is 6.83. The Hall–Kier alpha value is -4.90. The first-order chi connectivity index (χ1) is 18.0. The molecular weight excluding hydrogens is 462 g/mol. The molecule has 0 aromatic heterocycles. The van der Waals surface area contributed by atoms with Crippen LogP contribution in [-0.2, 0) is 11.2 Å². The molecule has 0 bridgehead atoms. The van der Waals surface area contributed by atoms with Gasteiger partial charge in [-0.2, -0.15) is 0 Å². The molecular formula is C32H25NO4. The van der Waals surface area contributed by atoms with Gasteiger partial charge in [-0.1, -0.05) is 84.9 Å². The van der Waals surface area contributed by atoms with Crippen molar-refractivity contribution in [1.82, 2.24) is 0 Å². The van der Waals surface area contributed by atoms with E-state index < -0.39 is 12.1 Å². The Bertz CT molecular complexity index is 1530. The number of carbonyl (C=O) groups excluding carboxylic acids is 1. The number of hydrogen-bond acceptors (Lipinski definition) is 3. The van der Waals surface area contributed by atoms with Gasteiger partial charge in [0, 0.05) is 17.7 Å². The predicted molar refractivity (Wildman–Crippen MR) is 146 cm³/mol. The highest BCUT2D eigenvalue weighted by atomic mass is 16.5. The number of carboxylic acids is 1. The van der Waals surface area contributed by atoms with Crippen molar-refractivity contribution in [3.05, 3.63) is 132 Å². The second kappa shape index (κ2) is 10.8. The third-order valence-corrected chi connectivity index (χ3v) is 6.16. The quantitative estimate of drug-likeness (QED) is 0.251. The summed E-state index contributed by atoms with van der Waals surface area (Å²) in [5, 5.41) is 14.6. The SMILES string of the molecule is O=C(Nc1ccc(-c2ccc(OC(Cc3ccccc3)C(=O)O)cc2)cc1)c1ccc2ccccc2c1. The molecule has 0 heterocycles. The highest BCUT2D eigenvalue weighted by molar-refractivity contribution is 6.06. The zero-order valence-electron chi connectivity index (χ0n) is 20.0. The van der Waals surface area contributed by atoms with Crippen molar-refractivity contribution in [3.8, 4) is 16.9 Å². The van der Waals surface area contributed by atoms with E-state index in [1.54, 1.807) is 12.1 Å². The van der Waals surface area contributed by atoms with E-state index in [0.717, 1.165) is 27.5 Å². The largest absolute Gasteiger partial charge is 0.478 e. The molecule has 37 heavy (non-hydrogen) atoms. The van der Waals surface area contributed by atoms with Crippen molar-refractivity contribution in [2.45, 2.75) is 12.5 Å². The van der Waals surface area contributed by atoms with Gasteiger partial charge >= 0.3 is 5.97 Å². The molecule has 0 aliphatic carbocycles. The number of benzene rings is 5. The van der Waals surface area contributed by atoms with Crippen LogP contribution in [0.2, 0.25) is 0 Å². The van der Waals surface area contributed by atoms with E-state index in [1.807, 2.05) is 109 Å². The molecule has 0 saturated heterocycles. The van der Waals surface area contributed by atoms with Crippen LogP contribution < -0.4 is 10.1 Å². The molecule has 0 aliphatic rings. The van der Waals surface area contributed by atoms with Crippen LogP contribution in [0.5, 0.6) is 5.75 Å². The maximum atomic E-state index is 12.7. The monoisotopic (exact) mass is 487 g/mol. The number of fused-ring (bicyclic) bond motifs is 1. The number of hydrogen-bond donors (Lipinski definition) is 2. The number of rotatable bonds is 8. The van der Waals surface area contributed by atoms with Crippen LogP contribution in [0.4, 0.5) is 5.69 Å². The number of nitrogens with one attached hydrogen (secondary N) is 1. The van der Waals surface area contributed by atoms with Crippen LogP contribution in [0, 0.1) is 0 Å². The van der Waals surface area contributed by atoms with E-state index in [-0.39, 0.29) is 12.3 Å². The first-order valence-corrected chi connectivity index (χ1v) is 12.0. The van der Waals surface area contributed by atoms with Gasteiger partial charge in [0.25, 0.3) is 5.91 Å². The summed E-state index contributed by atoms with van der Waals surface area (Å²) >= 11 is 0. The first-order valence-electron chi connectivity index (χ1n) is 12.0. The van der Waals surface area contributed by atoms with E-state index in [4.69, 9.17) is 4.74 Å². The van der Waals surface area contributed by atoms with Crippen molar-refractivity contribution >= 4 is 28.3 Å². The number of ether oxygens (including phenoxy) is 1. The fourth-order valence-corrected chi connectivity index (χ4v) is 4.18. The van der Waals surface area contributed by atoms with Crippen molar-refractivity contribution in [2.75, 3.05) is 5.32 Å². The van der Waals surface area contributed by atoms with E-state index in [1.165, 1.54) is 0 Å². The molecule has 0 spiro atoms. The molecule has 5 rings (SSSR count). The zero-order valence-corrected chi connectivity index (χ0v) is 20.0. The van der Waals surface area contributed by atoms with Gasteiger partial charge in [0.2, 0.25) is 0 Å². The third-order valence-electron chi connectivity index (χ3n) is 6.16. The lowest BCUT2D eigenvalue weighted by molar-refractivity contribution is -0.145. The lowest BCUT2D eigenvalue weighted by Gasteiger charge is -2.15. The van der Waals surface area contributed by atoms with Crippen molar-refractivity contribution in [1.29, 1.82) is 0 Å². The number of carbonyl (C=O) groups is 2. The van der Waals surface area contributed by atoms with Crippen LogP contribution in [0.3, 0.4) is 0 Å². The Balaban J connectivity index is 1.23. The Morgan fingerprint density at radius 2 is 1.32 bits per heavy atom. The van der Waals surface area contributed by atoms with Crippen molar-refractivity contribution in [3.63, 3.8) is 0 Å². The standard InChI is InChI=1S/C32H25NO4/c34-31(27-11-10-23-8-4-5-9-26(23)21-27)33-28-16-12-24(13-17-28)25-14-18-29(19-15-25)37-30(32(35)36)20-22-6-2-1-3-7-22/h1-19,21,30H,20H2,(H,33,34)(H,35,36). The van der Waals surface area contributed by atoms with Crippen LogP contribution in [0.25, 0.3) is 21.9 Å². The summed E-state index contributed by atoms with van der Waals surface area (Å²) in [4.78, 5) is 24.4. The van der Waals surface area contributed by atoms with E-state index >= 15 is 0 Å². The van der Waals surface area contributed by atoms with E-state index in [9.17, 15) is 14.7 Å². The molecule has 5 nitrogen and oxygen atoms in total. The summed E-state index contributed by atoms with van der Waals surface area (Å²) in [5.41, 5.74) is 4.13. The first kappa shape index (κ1) is 23.8. The lowest BCUT2D eigenvalue weighted by atomic mass is 10.0. The molecule has 0 radical (unpaired) electrons. The van der Waals surface area contributed by atoms with E-state index in [2.05, 4.69) is 5.32 Å².